The number of aryl methyl sites for hydroxylation is 1. The fourth-order valence-corrected chi connectivity index (χ4v) is 3.68. The van der Waals surface area contributed by atoms with Crippen molar-refractivity contribution >= 4 is 10.9 Å². The monoisotopic (exact) mass is 338 g/mol. The van der Waals surface area contributed by atoms with Gasteiger partial charge < -0.3 is 19.8 Å². The number of benzene rings is 2. The molecule has 0 saturated heterocycles. The zero-order chi connectivity index (χ0) is 18.0. The van der Waals surface area contributed by atoms with E-state index in [1.54, 1.807) is 14.2 Å². The number of hydrogen-bond acceptors (Lipinski definition) is 3. The molecule has 132 valence electrons. The Morgan fingerprint density at radius 3 is 2.52 bits per heavy atom. The van der Waals surface area contributed by atoms with Crippen LogP contribution in [0.25, 0.3) is 10.9 Å². The molecule has 0 bridgehead atoms. The third-order valence-corrected chi connectivity index (χ3v) is 5.10. The Labute approximate surface area is 149 Å². The first-order valence-corrected chi connectivity index (χ1v) is 8.55. The molecule has 1 atom stereocenters. The smallest absolute Gasteiger partial charge is 0.122 e. The standard InChI is InChI=1S/C21H26N2O2/c1-14-21(18-7-5-6-8-19(18)23(14)2)16(13-22)11-15-12-17(24-3)9-10-20(15)25-4/h5-10,12,16H,11,13,22H2,1-4H3. The van der Waals surface area contributed by atoms with E-state index in [1.165, 1.54) is 22.2 Å². The topological polar surface area (TPSA) is 49.4 Å². The highest BCUT2D eigenvalue weighted by Gasteiger charge is 2.21. The molecule has 2 N–H and O–H groups in total. The van der Waals surface area contributed by atoms with Gasteiger partial charge in [0.25, 0.3) is 0 Å². The number of para-hydroxylation sites is 1. The van der Waals surface area contributed by atoms with E-state index in [0.29, 0.717) is 6.54 Å². The first-order chi connectivity index (χ1) is 12.1. The van der Waals surface area contributed by atoms with Crippen LogP contribution in [0.1, 0.15) is 22.7 Å². The predicted molar refractivity (Wildman–Crippen MR) is 103 cm³/mol. The summed E-state index contributed by atoms with van der Waals surface area (Å²) in [6, 6.07) is 14.4. The first kappa shape index (κ1) is 17.4. The van der Waals surface area contributed by atoms with Crippen molar-refractivity contribution in [2.24, 2.45) is 12.8 Å². The van der Waals surface area contributed by atoms with Gasteiger partial charge in [0.1, 0.15) is 11.5 Å². The maximum Gasteiger partial charge on any atom is 0.122 e. The number of fused-ring (bicyclic) bond motifs is 1. The van der Waals surface area contributed by atoms with Gasteiger partial charge in [0, 0.05) is 29.6 Å². The van der Waals surface area contributed by atoms with Gasteiger partial charge in [-0.2, -0.15) is 0 Å². The van der Waals surface area contributed by atoms with Crippen molar-refractivity contribution in [2.75, 3.05) is 20.8 Å². The molecule has 0 radical (unpaired) electrons. The van der Waals surface area contributed by atoms with Crippen molar-refractivity contribution in [3.63, 3.8) is 0 Å². The molecule has 3 rings (SSSR count). The van der Waals surface area contributed by atoms with Gasteiger partial charge in [0.2, 0.25) is 0 Å². The Bertz CT molecular complexity index is 883. The molecule has 25 heavy (non-hydrogen) atoms. The van der Waals surface area contributed by atoms with Crippen molar-refractivity contribution in [1.29, 1.82) is 0 Å². The molecular weight excluding hydrogens is 312 g/mol. The van der Waals surface area contributed by atoms with Crippen LogP contribution >= 0.6 is 0 Å². The minimum atomic E-state index is 0.215. The normalized spacial score (nSPS) is 12.4. The quantitative estimate of drug-likeness (QED) is 0.744. The third-order valence-electron chi connectivity index (χ3n) is 5.10. The summed E-state index contributed by atoms with van der Waals surface area (Å²) in [6.45, 7) is 2.75. The van der Waals surface area contributed by atoms with Crippen molar-refractivity contribution in [3.05, 3.63) is 59.3 Å². The molecular formula is C21H26N2O2. The van der Waals surface area contributed by atoms with Gasteiger partial charge in [0.05, 0.1) is 14.2 Å². The molecule has 2 aromatic carbocycles. The lowest BCUT2D eigenvalue weighted by molar-refractivity contribution is 0.397. The van der Waals surface area contributed by atoms with E-state index in [1.807, 2.05) is 18.2 Å². The lowest BCUT2D eigenvalue weighted by Crippen LogP contribution is -2.16. The summed E-state index contributed by atoms with van der Waals surface area (Å²) in [7, 11) is 5.49. The number of rotatable bonds is 6. The Kier molecular flexibility index (Phi) is 5.00. The molecule has 4 heteroatoms. The Balaban J connectivity index is 2.07. The van der Waals surface area contributed by atoms with E-state index in [0.717, 1.165) is 23.5 Å². The predicted octanol–water partition coefficient (Wildman–Crippen LogP) is 3.79. The second-order valence-corrected chi connectivity index (χ2v) is 6.39. The summed E-state index contributed by atoms with van der Waals surface area (Å²) in [5, 5.41) is 1.28. The van der Waals surface area contributed by atoms with E-state index in [4.69, 9.17) is 15.2 Å². The number of nitrogens with two attached hydrogens (primary N) is 1. The van der Waals surface area contributed by atoms with Crippen molar-refractivity contribution in [3.8, 4) is 11.5 Å². The molecule has 0 aliphatic rings. The Hall–Kier alpha value is -2.46. The minimum Gasteiger partial charge on any atom is -0.497 e. The van der Waals surface area contributed by atoms with Crippen LogP contribution in [0.2, 0.25) is 0 Å². The molecule has 0 aliphatic carbocycles. The minimum absolute atomic E-state index is 0.215. The van der Waals surface area contributed by atoms with Crippen LogP contribution in [-0.4, -0.2) is 25.3 Å². The van der Waals surface area contributed by atoms with Crippen LogP contribution in [0.15, 0.2) is 42.5 Å². The maximum absolute atomic E-state index is 6.20. The lowest BCUT2D eigenvalue weighted by atomic mass is 9.89. The largest absolute Gasteiger partial charge is 0.497 e. The second-order valence-electron chi connectivity index (χ2n) is 6.39. The van der Waals surface area contributed by atoms with Gasteiger partial charge >= 0.3 is 0 Å². The van der Waals surface area contributed by atoms with E-state index in [2.05, 4.69) is 42.8 Å². The summed E-state index contributed by atoms with van der Waals surface area (Å²) < 4.78 is 13.2. The highest BCUT2D eigenvalue weighted by atomic mass is 16.5. The number of aromatic nitrogens is 1. The van der Waals surface area contributed by atoms with Crippen molar-refractivity contribution in [2.45, 2.75) is 19.3 Å². The van der Waals surface area contributed by atoms with Crippen LogP contribution in [0.3, 0.4) is 0 Å². The molecule has 0 saturated carbocycles. The molecule has 1 heterocycles. The molecule has 0 aliphatic heterocycles. The van der Waals surface area contributed by atoms with Gasteiger partial charge in [0.15, 0.2) is 0 Å². The third kappa shape index (κ3) is 3.10. The number of nitrogens with zero attached hydrogens (tertiary/aromatic N) is 1. The average Bonchev–Trinajstić information content (AvgIpc) is 2.91. The maximum atomic E-state index is 6.20. The molecule has 4 nitrogen and oxygen atoms in total. The lowest BCUT2D eigenvalue weighted by Gasteiger charge is -2.18. The van der Waals surface area contributed by atoms with Gasteiger partial charge in [-0.1, -0.05) is 18.2 Å². The van der Waals surface area contributed by atoms with Gasteiger partial charge in [-0.05, 0) is 55.3 Å². The van der Waals surface area contributed by atoms with Crippen LogP contribution in [0.5, 0.6) is 11.5 Å². The van der Waals surface area contributed by atoms with E-state index in [9.17, 15) is 0 Å². The summed E-state index contributed by atoms with van der Waals surface area (Å²) >= 11 is 0. The van der Waals surface area contributed by atoms with Gasteiger partial charge in [-0.15, -0.1) is 0 Å². The average molecular weight is 338 g/mol. The first-order valence-electron chi connectivity index (χ1n) is 8.55. The zero-order valence-corrected chi connectivity index (χ0v) is 15.4. The Morgan fingerprint density at radius 1 is 1.08 bits per heavy atom. The van der Waals surface area contributed by atoms with Crippen LogP contribution in [0, 0.1) is 6.92 Å². The number of ether oxygens (including phenoxy) is 2. The summed E-state index contributed by atoms with van der Waals surface area (Å²) in [5.74, 6) is 1.92. The van der Waals surface area contributed by atoms with Crippen molar-refractivity contribution < 1.29 is 9.47 Å². The molecule has 0 amide bonds. The summed E-state index contributed by atoms with van der Waals surface area (Å²) in [4.78, 5) is 0. The number of methoxy groups -OCH3 is 2. The molecule has 1 unspecified atom stereocenters. The van der Waals surface area contributed by atoms with Crippen LogP contribution in [-0.2, 0) is 13.5 Å². The SMILES string of the molecule is COc1ccc(OC)c(CC(CN)c2c(C)n(C)c3ccccc23)c1. The summed E-state index contributed by atoms with van der Waals surface area (Å²) in [6.07, 6.45) is 0.811. The highest BCUT2D eigenvalue weighted by molar-refractivity contribution is 5.86. The van der Waals surface area contributed by atoms with E-state index >= 15 is 0 Å². The molecule has 1 aromatic heterocycles. The van der Waals surface area contributed by atoms with Crippen LogP contribution < -0.4 is 15.2 Å². The highest BCUT2D eigenvalue weighted by Crippen LogP contribution is 2.35. The van der Waals surface area contributed by atoms with Crippen molar-refractivity contribution in [1.82, 2.24) is 4.57 Å². The fourth-order valence-electron chi connectivity index (χ4n) is 3.68. The summed E-state index contributed by atoms with van der Waals surface area (Å²) in [5.41, 5.74) is 11.1. The molecule has 0 fully saturated rings. The molecule has 3 aromatic rings. The van der Waals surface area contributed by atoms with Gasteiger partial charge in [-0.3, -0.25) is 0 Å². The number of hydrogen-bond donors (Lipinski definition) is 1. The fraction of sp³-hybridized carbons (Fsp3) is 0.333. The second kappa shape index (κ2) is 7.19. The van der Waals surface area contributed by atoms with E-state index in [-0.39, 0.29) is 5.92 Å². The van der Waals surface area contributed by atoms with Gasteiger partial charge in [-0.25, -0.2) is 0 Å². The molecule has 0 spiro atoms. The van der Waals surface area contributed by atoms with Crippen LogP contribution in [0.4, 0.5) is 0 Å². The van der Waals surface area contributed by atoms with E-state index < -0.39 is 0 Å². The zero-order valence-electron chi connectivity index (χ0n) is 15.4. The Morgan fingerprint density at radius 2 is 1.84 bits per heavy atom.